The summed E-state index contributed by atoms with van der Waals surface area (Å²) in [6, 6.07) is 0.529. The average Bonchev–Trinajstić information content (AvgIpc) is 2.73. The second-order valence-electron chi connectivity index (χ2n) is 4.60. The molecule has 78 valence electrons. The van der Waals surface area contributed by atoms with Crippen molar-refractivity contribution in [2.45, 2.75) is 31.4 Å². The molecule has 0 radical (unpaired) electrons. The molecule has 0 bridgehead atoms. The van der Waals surface area contributed by atoms with Gasteiger partial charge in [0.15, 0.2) is 0 Å². The molecular weight excluding hydrogens is 180 g/mol. The van der Waals surface area contributed by atoms with Crippen molar-refractivity contribution in [3.63, 3.8) is 0 Å². The molecule has 0 aromatic rings. The molecule has 4 heteroatoms. The van der Waals surface area contributed by atoms with Crippen LogP contribution in [0.5, 0.6) is 0 Å². The smallest absolute Gasteiger partial charge is 0.410 e. The molecule has 2 saturated heterocycles. The van der Waals surface area contributed by atoms with Crippen LogP contribution in [-0.2, 0) is 4.74 Å². The Kier molecular flexibility index (Phi) is 1.90. The number of ether oxygens (including phenoxy) is 1. The number of nitrogens with one attached hydrogen (secondary N) is 1. The average molecular weight is 196 g/mol. The largest absolute Gasteiger partial charge is 0.446 e. The fourth-order valence-electron chi connectivity index (χ4n) is 2.40. The molecular formula is C10H16N2O2. The number of carbonyl (C=O) groups excluding carboxylic acids is 1. The van der Waals surface area contributed by atoms with Gasteiger partial charge < -0.3 is 15.0 Å². The van der Waals surface area contributed by atoms with Gasteiger partial charge in [0.2, 0.25) is 0 Å². The highest BCUT2D eigenvalue weighted by molar-refractivity contribution is 5.68. The number of rotatable bonds is 1. The molecule has 1 saturated carbocycles. The Morgan fingerprint density at radius 2 is 2.14 bits per heavy atom. The van der Waals surface area contributed by atoms with Gasteiger partial charge in [-0.1, -0.05) is 0 Å². The van der Waals surface area contributed by atoms with E-state index in [4.69, 9.17) is 4.74 Å². The van der Waals surface area contributed by atoms with Crippen molar-refractivity contribution in [3.8, 4) is 0 Å². The first kappa shape index (κ1) is 8.53. The molecule has 2 aliphatic heterocycles. The van der Waals surface area contributed by atoms with Gasteiger partial charge in [0.25, 0.3) is 0 Å². The third-order valence-corrected chi connectivity index (χ3v) is 3.41. The van der Waals surface area contributed by atoms with Crippen LogP contribution in [0.3, 0.4) is 0 Å². The van der Waals surface area contributed by atoms with Crippen molar-refractivity contribution in [2.75, 3.05) is 19.6 Å². The van der Waals surface area contributed by atoms with E-state index in [1.807, 2.05) is 4.90 Å². The Morgan fingerprint density at radius 1 is 1.29 bits per heavy atom. The zero-order valence-electron chi connectivity index (χ0n) is 8.24. The summed E-state index contributed by atoms with van der Waals surface area (Å²) in [5.74, 6) is 0.668. The van der Waals surface area contributed by atoms with Crippen LogP contribution in [0.2, 0.25) is 0 Å². The zero-order valence-corrected chi connectivity index (χ0v) is 8.24. The highest BCUT2D eigenvalue weighted by atomic mass is 16.6. The van der Waals surface area contributed by atoms with Crippen molar-refractivity contribution in [3.05, 3.63) is 0 Å². The third kappa shape index (κ3) is 1.47. The minimum absolute atomic E-state index is 0.0938. The summed E-state index contributed by atoms with van der Waals surface area (Å²) in [4.78, 5) is 13.5. The van der Waals surface area contributed by atoms with Crippen molar-refractivity contribution >= 4 is 6.09 Å². The van der Waals surface area contributed by atoms with E-state index in [9.17, 15) is 4.79 Å². The molecule has 0 aromatic carbocycles. The van der Waals surface area contributed by atoms with Crippen LogP contribution in [0.1, 0.15) is 19.3 Å². The SMILES string of the molecule is O=C(OC1CC1)N1CC2CCNC2C1. The van der Waals surface area contributed by atoms with E-state index in [-0.39, 0.29) is 12.2 Å². The van der Waals surface area contributed by atoms with E-state index in [0.717, 1.165) is 32.5 Å². The Balaban J connectivity index is 1.56. The van der Waals surface area contributed by atoms with Crippen LogP contribution >= 0.6 is 0 Å². The standard InChI is InChI=1S/C10H16N2O2/c13-10(14-8-1-2-8)12-5-7-3-4-11-9(7)6-12/h7-9,11H,1-6H2. The molecule has 1 N–H and O–H groups in total. The second-order valence-corrected chi connectivity index (χ2v) is 4.60. The summed E-state index contributed by atoms with van der Waals surface area (Å²) >= 11 is 0. The third-order valence-electron chi connectivity index (χ3n) is 3.41. The van der Waals surface area contributed by atoms with Gasteiger partial charge in [-0.15, -0.1) is 0 Å². The van der Waals surface area contributed by atoms with Crippen LogP contribution in [-0.4, -0.2) is 42.8 Å². The topological polar surface area (TPSA) is 41.6 Å². The normalized spacial score (nSPS) is 35.9. The van der Waals surface area contributed by atoms with Crippen LogP contribution in [0.25, 0.3) is 0 Å². The summed E-state index contributed by atoms with van der Waals surface area (Å²) < 4.78 is 5.27. The maximum Gasteiger partial charge on any atom is 0.410 e. The molecule has 2 unspecified atom stereocenters. The van der Waals surface area contributed by atoms with Crippen LogP contribution in [0.4, 0.5) is 4.79 Å². The number of hydrogen-bond acceptors (Lipinski definition) is 3. The Morgan fingerprint density at radius 3 is 2.86 bits per heavy atom. The van der Waals surface area contributed by atoms with Gasteiger partial charge in [0.1, 0.15) is 6.10 Å². The van der Waals surface area contributed by atoms with E-state index in [1.165, 1.54) is 6.42 Å². The molecule has 14 heavy (non-hydrogen) atoms. The zero-order chi connectivity index (χ0) is 9.54. The lowest BCUT2D eigenvalue weighted by Crippen LogP contribution is -2.34. The monoisotopic (exact) mass is 196 g/mol. The van der Waals surface area contributed by atoms with Gasteiger partial charge >= 0.3 is 6.09 Å². The molecule has 3 rings (SSSR count). The predicted octanol–water partition coefficient (Wildman–Crippen LogP) is 0.579. The van der Waals surface area contributed by atoms with Crippen molar-refractivity contribution in [2.24, 2.45) is 5.92 Å². The van der Waals surface area contributed by atoms with Crippen molar-refractivity contribution < 1.29 is 9.53 Å². The number of nitrogens with zero attached hydrogens (tertiary/aromatic N) is 1. The minimum atomic E-state index is -0.0938. The summed E-state index contributed by atoms with van der Waals surface area (Å²) in [6.45, 7) is 2.85. The number of likely N-dealkylation sites (tertiary alicyclic amines) is 1. The predicted molar refractivity (Wildman–Crippen MR) is 51.0 cm³/mol. The van der Waals surface area contributed by atoms with Crippen molar-refractivity contribution in [1.82, 2.24) is 10.2 Å². The maximum atomic E-state index is 11.6. The molecule has 2 heterocycles. The number of hydrogen-bond donors (Lipinski definition) is 1. The summed E-state index contributed by atoms with van der Waals surface area (Å²) in [5.41, 5.74) is 0. The first-order valence-corrected chi connectivity index (χ1v) is 5.52. The van der Waals surface area contributed by atoms with E-state index < -0.39 is 0 Å². The molecule has 1 aliphatic carbocycles. The summed E-state index contributed by atoms with van der Waals surface area (Å²) in [5, 5.41) is 3.42. The van der Waals surface area contributed by atoms with Gasteiger partial charge in [-0.2, -0.15) is 0 Å². The molecule has 3 aliphatic rings. The number of fused-ring (bicyclic) bond motifs is 1. The molecule has 2 atom stereocenters. The maximum absolute atomic E-state index is 11.6. The lowest BCUT2D eigenvalue weighted by molar-refractivity contribution is 0.102. The van der Waals surface area contributed by atoms with E-state index >= 15 is 0 Å². The molecule has 4 nitrogen and oxygen atoms in total. The quantitative estimate of drug-likeness (QED) is 0.667. The van der Waals surface area contributed by atoms with Gasteiger partial charge in [-0.05, 0) is 31.7 Å². The summed E-state index contributed by atoms with van der Waals surface area (Å²) in [6.07, 6.45) is 3.47. The van der Waals surface area contributed by atoms with Gasteiger partial charge in [0.05, 0.1) is 0 Å². The first-order valence-electron chi connectivity index (χ1n) is 5.52. The lowest BCUT2D eigenvalue weighted by Gasteiger charge is -2.16. The fraction of sp³-hybridized carbons (Fsp3) is 0.900. The van der Waals surface area contributed by atoms with Crippen molar-refractivity contribution in [1.29, 1.82) is 0 Å². The highest BCUT2D eigenvalue weighted by Crippen LogP contribution is 2.28. The Bertz CT molecular complexity index is 241. The second kappa shape index (κ2) is 3.12. The molecule has 1 amide bonds. The van der Waals surface area contributed by atoms with Crippen LogP contribution < -0.4 is 5.32 Å². The number of amides is 1. The Hall–Kier alpha value is -0.770. The van der Waals surface area contributed by atoms with Gasteiger partial charge in [0, 0.05) is 19.1 Å². The van der Waals surface area contributed by atoms with E-state index in [2.05, 4.69) is 5.32 Å². The van der Waals surface area contributed by atoms with Crippen LogP contribution in [0.15, 0.2) is 0 Å². The Labute approximate surface area is 83.6 Å². The summed E-state index contributed by atoms with van der Waals surface area (Å²) in [7, 11) is 0. The minimum Gasteiger partial charge on any atom is -0.446 e. The first-order chi connectivity index (χ1) is 6.83. The van der Waals surface area contributed by atoms with E-state index in [1.54, 1.807) is 0 Å². The van der Waals surface area contributed by atoms with Crippen LogP contribution in [0, 0.1) is 5.92 Å². The lowest BCUT2D eigenvalue weighted by atomic mass is 10.1. The molecule has 0 aromatic heterocycles. The fourth-order valence-corrected chi connectivity index (χ4v) is 2.40. The van der Waals surface area contributed by atoms with E-state index in [0.29, 0.717) is 12.0 Å². The van der Waals surface area contributed by atoms with Gasteiger partial charge in [-0.3, -0.25) is 0 Å². The molecule has 0 spiro atoms. The highest BCUT2D eigenvalue weighted by Gasteiger charge is 2.39. The van der Waals surface area contributed by atoms with Gasteiger partial charge in [-0.25, -0.2) is 4.79 Å². The number of carbonyl (C=O) groups is 1. The molecule has 3 fully saturated rings.